The second-order valence-corrected chi connectivity index (χ2v) is 5.13. The maximum atomic E-state index is 10.3. The largest absolute Gasteiger partial charge is 0.391 e. The van der Waals surface area contributed by atoms with Crippen LogP contribution in [0.2, 0.25) is 0 Å². The van der Waals surface area contributed by atoms with Crippen LogP contribution in [0.15, 0.2) is 0 Å². The van der Waals surface area contributed by atoms with E-state index in [0.717, 1.165) is 44.9 Å². The summed E-state index contributed by atoms with van der Waals surface area (Å²) in [4.78, 5) is 0. The van der Waals surface area contributed by atoms with Gasteiger partial charge in [0.1, 0.15) is 0 Å². The van der Waals surface area contributed by atoms with Gasteiger partial charge in [-0.2, -0.15) is 0 Å². The number of hydrogen-bond acceptors (Lipinski definition) is 3. The normalized spacial score (nSPS) is 36.4. The fourth-order valence-electron chi connectivity index (χ4n) is 2.80. The van der Waals surface area contributed by atoms with Crippen molar-refractivity contribution >= 4 is 0 Å². The molecule has 2 saturated heterocycles. The maximum absolute atomic E-state index is 10.3. The Hall–Kier alpha value is -0.120. The number of nitrogens with one attached hydrogen (secondary N) is 1. The van der Waals surface area contributed by atoms with Gasteiger partial charge in [0.15, 0.2) is 0 Å². The molecule has 2 aliphatic rings. The van der Waals surface area contributed by atoms with Gasteiger partial charge in [0.05, 0.1) is 6.10 Å². The zero-order chi connectivity index (χ0) is 10.7. The zero-order valence-corrected chi connectivity index (χ0v) is 9.61. The first-order valence-corrected chi connectivity index (χ1v) is 6.26. The number of rotatable bonds is 2. The molecule has 0 aromatic rings. The fraction of sp³-hybridized carbons (Fsp3) is 1.00. The summed E-state index contributed by atoms with van der Waals surface area (Å²) in [7, 11) is 0. The lowest BCUT2D eigenvalue weighted by Gasteiger charge is -2.36. The molecule has 0 aliphatic carbocycles. The fourth-order valence-corrected chi connectivity index (χ4v) is 2.80. The molecule has 0 spiro atoms. The van der Waals surface area contributed by atoms with Gasteiger partial charge in [-0.05, 0) is 44.1 Å². The van der Waals surface area contributed by atoms with Gasteiger partial charge in [0.2, 0.25) is 0 Å². The molecule has 0 radical (unpaired) electrons. The Labute approximate surface area is 92.2 Å². The van der Waals surface area contributed by atoms with Crippen molar-refractivity contribution in [3.8, 4) is 0 Å². The van der Waals surface area contributed by atoms with Crippen molar-refractivity contribution in [1.82, 2.24) is 5.32 Å². The Kier molecular flexibility index (Phi) is 4.00. The van der Waals surface area contributed by atoms with Gasteiger partial charge in [-0.15, -0.1) is 0 Å². The second kappa shape index (κ2) is 5.28. The number of aliphatic hydroxyl groups excluding tert-OH is 1. The summed E-state index contributed by atoms with van der Waals surface area (Å²) in [5.41, 5.74) is 0. The highest BCUT2D eigenvalue weighted by Crippen LogP contribution is 2.26. The molecule has 3 atom stereocenters. The quantitative estimate of drug-likeness (QED) is 0.723. The lowest BCUT2D eigenvalue weighted by atomic mass is 9.83. The van der Waals surface area contributed by atoms with E-state index in [2.05, 4.69) is 12.2 Å². The third-order valence-electron chi connectivity index (χ3n) is 3.86. The van der Waals surface area contributed by atoms with Gasteiger partial charge in [-0.3, -0.25) is 0 Å². The van der Waals surface area contributed by atoms with Crippen LogP contribution in [0.3, 0.4) is 0 Å². The molecule has 0 saturated carbocycles. The lowest BCUT2D eigenvalue weighted by Crippen LogP contribution is -2.49. The van der Waals surface area contributed by atoms with Crippen molar-refractivity contribution in [3.63, 3.8) is 0 Å². The molecule has 2 N–H and O–H groups in total. The molecule has 2 rings (SSSR count). The average Bonchev–Trinajstić information content (AvgIpc) is 2.29. The van der Waals surface area contributed by atoms with E-state index in [4.69, 9.17) is 4.74 Å². The van der Waals surface area contributed by atoms with Crippen molar-refractivity contribution in [1.29, 1.82) is 0 Å². The van der Waals surface area contributed by atoms with E-state index < -0.39 is 0 Å². The summed E-state index contributed by atoms with van der Waals surface area (Å²) in [6.45, 7) is 4.99. The molecule has 0 bridgehead atoms. The second-order valence-electron chi connectivity index (χ2n) is 5.13. The summed E-state index contributed by atoms with van der Waals surface area (Å²) in [5, 5.41) is 13.8. The molecule has 0 aromatic heterocycles. The Morgan fingerprint density at radius 2 is 2.00 bits per heavy atom. The molecule has 15 heavy (non-hydrogen) atoms. The van der Waals surface area contributed by atoms with Crippen molar-refractivity contribution in [3.05, 3.63) is 0 Å². The molecule has 2 aliphatic heterocycles. The van der Waals surface area contributed by atoms with Gasteiger partial charge in [-0.25, -0.2) is 0 Å². The van der Waals surface area contributed by atoms with E-state index in [1.807, 2.05) is 0 Å². The van der Waals surface area contributed by atoms with Crippen molar-refractivity contribution in [2.75, 3.05) is 19.8 Å². The molecular formula is C12H23NO2. The highest BCUT2D eigenvalue weighted by Gasteiger charge is 2.31. The van der Waals surface area contributed by atoms with Crippen LogP contribution in [0.25, 0.3) is 0 Å². The van der Waals surface area contributed by atoms with E-state index in [-0.39, 0.29) is 6.10 Å². The molecule has 3 heteroatoms. The van der Waals surface area contributed by atoms with Crippen LogP contribution in [-0.4, -0.2) is 37.0 Å². The van der Waals surface area contributed by atoms with Crippen LogP contribution in [0.1, 0.15) is 32.6 Å². The van der Waals surface area contributed by atoms with Crippen molar-refractivity contribution in [2.45, 2.75) is 44.8 Å². The highest BCUT2D eigenvalue weighted by atomic mass is 16.5. The van der Waals surface area contributed by atoms with E-state index >= 15 is 0 Å². The van der Waals surface area contributed by atoms with Crippen molar-refractivity contribution in [2.24, 2.45) is 11.8 Å². The van der Waals surface area contributed by atoms with E-state index in [0.29, 0.717) is 12.0 Å². The van der Waals surface area contributed by atoms with Crippen molar-refractivity contribution < 1.29 is 9.84 Å². The van der Waals surface area contributed by atoms with Gasteiger partial charge >= 0.3 is 0 Å². The van der Waals surface area contributed by atoms with E-state index in [1.165, 1.54) is 6.42 Å². The summed E-state index contributed by atoms with van der Waals surface area (Å²) in [5.74, 6) is 1.20. The van der Waals surface area contributed by atoms with E-state index in [9.17, 15) is 5.11 Å². The van der Waals surface area contributed by atoms with E-state index in [1.54, 1.807) is 0 Å². The van der Waals surface area contributed by atoms with Crippen LogP contribution >= 0.6 is 0 Å². The summed E-state index contributed by atoms with van der Waals surface area (Å²) in [6.07, 6.45) is 4.24. The Morgan fingerprint density at radius 1 is 1.27 bits per heavy atom. The topological polar surface area (TPSA) is 41.5 Å². The molecule has 88 valence electrons. The first-order valence-electron chi connectivity index (χ1n) is 6.26. The molecular weight excluding hydrogens is 190 g/mol. The minimum absolute atomic E-state index is 0.170. The average molecular weight is 213 g/mol. The first kappa shape index (κ1) is 11.4. The minimum atomic E-state index is -0.170. The van der Waals surface area contributed by atoms with Crippen LogP contribution < -0.4 is 5.32 Å². The number of ether oxygens (including phenoxy) is 1. The Bertz CT molecular complexity index is 192. The number of aliphatic hydroxyl groups is 1. The third kappa shape index (κ3) is 2.92. The van der Waals surface area contributed by atoms with Crippen LogP contribution in [0.4, 0.5) is 0 Å². The smallest absolute Gasteiger partial charge is 0.0723 e. The monoisotopic (exact) mass is 213 g/mol. The predicted octanol–water partition coefficient (Wildman–Crippen LogP) is 1.16. The third-order valence-corrected chi connectivity index (χ3v) is 3.86. The minimum Gasteiger partial charge on any atom is -0.391 e. The zero-order valence-electron chi connectivity index (χ0n) is 9.61. The number of piperidine rings is 1. The summed E-state index contributed by atoms with van der Waals surface area (Å²) in [6, 6.07) is 0.317. The predicted molar refractivity (Wildman–Crippen MR) is 59.7 cm³/mol. The van der Waals surface area contributed by atoms with Crippen LogP contribution in [-0.2, 0) is 4.74 Å². The van der Waals surface area contributed by atoms with Gasteiger partial charge in [0, 0.05) is 19.3 Å². The Morgan fingerprint density at radius 3 is 2.67 bits per heavy atom. The summed E-state index contributed by atoms with van der Waals surface area (Å²) < 4.78 is 5.33. The SMILES string of the molecule is CC1CCNC(C(O)C2CCOCC2)C1. The first-order chi connectivity index (χ1) is 7.27. The Balaban J connectivity index is 1.85. The van der Waals surface area contributed by atoms with Gasteiger partial charge in [0.25, 0.3) is 0 Å². The molecule has 3 nitrogen and oxygen atoms in total. The molecule has 3 unspecified atom stereocenters. The van der Waals surface area contributed by atoms with Gasteiger partial charge in [-0.1, -0.05) is 6.92 Å². The van der Waals surface area contributed by atoms with Crippen LogP contribution in [0.5, 0.6) is 0 Å². The molecule has 0 aromatic carbocycles. The van der Waals surface area contributed by atoms with Crippen LogP contribution in [0, 0.1) is 11.8 Å². The number of hydrogen-bond donors (Lipinski definition) is 2. The van der Waals surface area contributed by atoms with Gasteiger partial charge < -0.3 is 15.2 Å². The molecule has 2 fully saturated rings. The maximum Gasteiger partial charge on any atom is 0.0723 e. The molecule has 2 heterocycles. The lowest BCUT2D eigenvalue weighted by molar-refractivity contribution is -0.0146. The summed E-state index contributed by atoms with van der Waals surface area (Å²) >= 11 is 0. The molecule has 0 amide bonds. The standard InChI is InChI=1S/C12H23NO2/c1-9-2-5-13-11(8-9)12(14)10-3-6-15-7-4-10/h9-14H,2-8H2,1H3. The highest BCUT2D eigenvalue weighted by molar-refractivity contribution is 4.86.